The molecule has 0 atom stereocenters. The number of amides is 2. The normalized spacial score (nSPS) is 13.7. The van der Waals surface area contributed by atoms with Crippen LogP contribution in [0, 0.1) is 11.3 Å². The molecule has 2 aromatic heterocycles. The lowest BCUT2D eigenvalue weighted by Gasteiger charge is -2.35. The van der Waals surface area contributed by atoms with Crippen molar-refractivity contribution >= 4 is 29.3 Å². The van der Waals surface area contributed by atoms with Crippen LogP contribution in [-0.4, -0.2) is 100.0 Å². The Balaban J connectivity index is 1.82. The molecule has 1 fully saturated rings. The zero-order chi connectivity index (χ0) is 28.4. The van der Waals surface area contributed by atoms with Crippen molar-refractivity contribution in [3.05, 3.63) is 46.9 Å². The van der Waals surface area contributed by atoms with Crippen LogP contribution in [0.2, 0.25) is 0 Å². The van der Waals surface area contributed by atoms with Crippen LogP contribution in [0.15, 0.2) is 30.1 Å². The summed E-state index contributed by atoms with van der Waals surface area (Å²) >= 11 is 0. The largest absolute Gasteiger partial charge is 0.383 e. The number of methoxy groups -OCH3 is 3. The number of carbonyl (C=O) groups is 1. The van der Waals surface area contributed by atoms with Crippen LogP contribution in [-0.2, 0) is 25.5 Å². The molecule has 1 aliphatic rings. The number of likely N-dealkylation sites (N-methyl/N-ethyl adjacent to an activating group) is 1. The van der Waals surface area contributed by atoms with E-state index in [1.807, 2.05) is 24.0 Å². The Bertz CT molecular complexity index is 1240. The first-order valence-electron chi connectivity index (χ1n) is 12.3. The van der Waals surface area contributed by atoms with Gasteiger partial charge in [-0.25, -0.2) is 19.6 Å². The predicted molar refractivity (Wildman–Crippen MR) is 145 cm³/mol. The number of piperazine rings is 1. The summed E-state index contributed by atoms with van der Waals surface area (Å²) in [6, 6.07) is 6.72. The van der Waals surface area contributed by atoms with E-state index >= 15 is 0 Å². The zero-order valence-corrected chi connectivity index (χ0v) is 22.9. The maximum atomic E-state index is 13.1. The van der Waals surface area contributed by atoms with Gasteiger partial charge in [0.05, 0.1) is 17.9 Å². The van der Waals surface area contributed by atoms with E-state index in [1.165, 1.54) is 25.3 Å². The van der Waals surface area contributed by atoms with E-state index in [2.05, 4.69) is 31.6 Å². The Kier molecular flexibility index (Phi) is 10.7. The molecule has 0 bridgehead atoms. The predicted octanol–water partition coefficient (Wildman–Crippen LogP) is 1.83. The molecular weight excluding hydrogens is 504 g/mol. The van der Waals surface area contributed by atoms with Gasteiger partial charge in [0.1, 0.15) is 35.0 Å². The van der Waals surface area contributed by atoms with Crippen LogP contribution < -0.4 is 15.5 Å². The smallest absolute Gasteiger partial charge is 0.328 e. The van der Waals surface area contributed by atoms with E-state index in [0.717, 1.165) is 12.1 Å². The fourth-order valence-corrected chi connectivity index (χ4v) is 4.02. The third kappa shape index (κ3) is 7.51. The second-order valence-corrected chi connectivity index (χ2v) is 8.86. The van der Waals surface area contributed by atoms with Gasteiger partial charge in [-0.3, -0.25) is 15.1 Å². The van der Waals surface area contributed by atoms with Gasteiger partial charge in [-0.2, -0.15) is 5.26 Å². The van der Waals surface area contributed by atoms with Crippen LogP contribution >= 0.6 is 0 Å². The van der Waals surface area contributed by atoms with Crippen LogP contribution in [0.3, 0.4) is 0 Å². The first-order chi connectivity index (χ1) is 18.8. The van der Waals surface area contributed by atoms with Crippen molar-refractivity contribution in [3.8, 4) is 6.07 Å². The fraction of sp³-hybridized carbons (Fsp3) is 0.462. The molecule has 0 aliphatic carbocycles. The van der Waals surface area contributed by atoms with Gasteiger partial charge in [0.25, 0.3) is 0 Å². The van der Waals surface area contributed by atoms with Crippen molar-refractivity contribution in [2.24, 2.45) is 0 Å². The van der Waals surface area contributed by atoms with Crippen molar-refractivity contribution < 1.29 is 23.8 Å². The van der Waals surface area contributed by atoms with E-state index in [9.17, 15) is 14.9 Å². The monoisotopic (exact) mass is 538 g/mol. The van der Waals surface area contributed by atoms with Crippen molar-refractivity contribution in [1.82, 2.24) is 19.8 Å². The number of nitrogens with zero attached hydrogens (tertiary/aromatic N) is 6. The Labute approximate surface area is 228 Å². The molecule has 1 aliphatic heterocycles. The molecule has 3 heterocycles. The van der Waals surface area contributed by atoms with E-state index in [0.29, 0.717) is 61.2 Å². The highest BCUT2D eigenvalue weighted by molar-refractivity contribution is 6.00. The number of nitriles is 1. The molecule has 2 N–H and O–H groups in total. The molecule has 0 aromatic carbocycles. The van der Waals surface area contributed by atoms with Gasteiger partial charge >= 0.3 is 6.03 Å². The fourth-order valence-electron chi connectivity index (χ4n) is 4.02. The molecule has 0 saturated carbocycles. The maximum absolute atomic E-state index is 13.1. The average Bonchev–Trinajstić information content (AvgIpc) is 2.95. The molecule has 208 valence electrons. The average molecular weight is 539 g/mol. The number of urea groups is 1. The molecule has 0 unspecified atom stereocenters. The number of carbonyl (C=O) groups excluding carboxylic acids is 2. The van der Waals surface area contributed by atoms with Crippen LogP contribution in [0.5, 0.6) is 0 Å². The maximum Gasteiger partial charge on any atom is 0.328 e. The Morgan fingerprint density at radius 1 is 1.26 bits per heavy atom. The number of aromatic nitrogens is 2. The molecule has 2 aromatic rings. The van der Waals surface area contributed by atoms with Gasteiger partial charge in [0.15, 0.2) is 0 Å². The minimum absolute atomic E-state index is 0.262. The number of hydrogen-bond acceptors (Lipinski definition) is 11. The SMILES string of the molecule is COCCNc1cc(NC(=O)N(C)c2ccc(CN3CCN(C)CC3=C=O)c(C(OC)OC)n2)ncc1C#N. The third-order valence-corrected chi connectivity index (χ3v) is 6.21. The lowest BCUT2D eigenvalue weighted by Crippen LogP contribution is -2.42. The summed E-state index contributed by atoms with van der Waals surface area (Å²) in [6.45, 7) is 3.33. The Hall–Kier alpha value is -4.05. The van der Waals surface area contributed by atoms with Crippen LogP contribution in [0.4, 0.5) is 22.1 Å². The number of anilines is 3. The van der Waals surface area contributed by atoms with Gasteiger partial charge in [-0.15, -0.1) is 0 Å². The van der Waals surface area contributed by atoms with E-state index in [1.54, 1.807) is 26.3 Å². The van der Waals surface area contributed by atoms with E-state index in [4.69, 9.17) is 14.2 Å². The van der Waals surface area contributed by atoms with Crippen molar-refractivity contribution in [1.29, 1.82) is 5.26 Å². The lowest BCUT2D eigenvalue weighted by atomic mass is 10.1. The van der Waals surface area contributed by atoms with Gasteiger partial charge in [-0.05, 0) is 18.7 Å². The summed E-state index contributed by atoms with van der Waals surface area (Å²) in [4.78, 5) is 38.8. The molecular formula is C26H34N8O5. The molecule has 1 saturated heterocycles. The number of nitrogens with one attached hydrogen (secondary N) is 2. The standard InChI is InChI=1S/C26H34N8O5/c1-32-9-10-34(20(16-32)17-35)15-18-6-7-23(31-24(18)25(38-4)39-5)33(2)26(36)30-22-12-21(28-8-11-37-3)19(13-27)14-29-22/h6-7,12,14,25H,8-11,15-16H2,1-5H3,(H2,28,29,30,36). The van der Waals surface area contributed by atoms with Crippen LogP contribution in [0.25, 0.3) is 0 Å². The topological polar surface area (TPSA) is 145 Å². The van der Waals surface area contributed by atoms with Crippen molar-refractivity contribution in [3.63, 3.8) is 0 Å². The summed E-state index contributed by atoms with van der Waals surface area (Å²) < 4.78 is 16.0. The molecule has 0 radical (unpaired) electrons. The quantitative estimate of drug-likeness (QED) is 0.245. The first-order valence-corrected chi connectivity index (χ1v) is 12.3. The number of hydrogen-bond donors (Lipinski definition) is 2. The molecule has 13 heteroatoms. The third-order valence-electron chi connectivity index (χ3n) is 6.21. The van der Waals surface area contributed by atoms with E-state index in [-0.39, 0.29) is 5.82 Å². The molecule has 13 nitrogen and oxygen atoms in total. The van der Waals surface area contributed by atoms with Crippen molar-refractivity contribution in [2.45, 2.75) is 12.8 Å². The summed E-state index contributed by atoms with van der Waals surface area (Å²) in [5, 5.41) is 15.2. The second-order valence-electron chi connectivity index (χ2n) is 8.86. The number of rotatable bonds is 11. The highest BCUT2D eigenvalue weighted by Gasteiger charge is 2.25. The summed E-state index contributed by atoms with van der Waals surface area (Å²) in [7, 11) is 8.12. The van der Waals surface area contributed by atoms with Gasteiger partial charge in [0.2, 0.25) is 6.29 Å². The Morgan fingerprint density at radius 3 is 2.69 bits per heavy atom. The number of ether oxygens (including phenoxy) is 3. The zero-order valence-electron chi connectivity index (χ0n) is 22.9. The molecule has 3 rings (SSSR count). The van der Waals surface area contributed by atoms with Crippen molar-refractivity contribution in [2.75, 3.05) is 83.7 Å². The second kappa shape index (κ2) is 14.2. The van der Waals surface area contributed by atoms with Gasteiger partial charge in [-0.1, -0.05) is 6.07 Å². The minimum Gasteiger partial charge on any atom is -0.383 e. The minimum atomic E-state index is -0.784. The molecule has 0 spiro atoms. The first kappa shape index (κ1) is 29.5. The lowest BCUT2D eigenvalue weighted by molar-refractivity contribution is -0.109. The summed E-state index contributed by atoms with van der Waals surface area (Å²) in [5.41, 5.74) is 2.72. The van der Waals surface area contributed by atoms with E-state index < -0.39 is 12.3 Å². The van der Waals surface area contributed by atoms with Crippen LogP contribution in [0.1, 0.15) is 23.1 Å². The molecule has 39 heavy (non-hydrogen) atoms. The van der Waals surface area contributed by atoms with Gasteiger partial charge in [0, 0.05) is 73.4 Å². The highest BCUT2D eigenvalue weighted by atomic mass is 16.7. The number of pyridine rings is 2. The summed E-state index contributed by atoms with van der Waals surface area (Å²) in [5.74, 6) is 2.66. The Morgan fingerprint density at radius 2 is 2.03 bits per heavy atom. The molecule has 2 amide bonds. The van der Waals surface area contributed by atoms with Gasteiger partial charge < -0.3 is 24.4 Å². The summed E-state index contributed by atoms with van der Waals surface area (Å²) in [6.07, 6.45) is 0.603. The highest BCUT2D eigenvalue weighted by Crippen LogP contribution is 2.26.